The van der Waals surface area contributed by atoms with Gasteiger partial charge in [0.2, 0.25) is 0 Å². The highest BCUT2D eigenvalue weighted by molar-refractivity contribution is 5.81. The van der Waals surface area contributed by atoms with Gasteiger partial charge in [-0.15, -0.1) is 0 Å². The van der Waals surface area contributed by atoms with E-state index in [0.29, 0.717) is 12.0 Å². The van der Waals surface area contributed by atoms with E-state index in [4.69, 9.17) is 4.74 Å². The third-order valence-electron chi connectivity index (χ3n) is 5.54. The number of ether oxygens (including phenoxy) is 1. The van der Waals surface area contributed by atoms with Crippen LogP contribution in [0.1, 0.15) is 51.4 Å². The quantitative estimate of drug-likeness (QED) is 0.697. The Kier molecular flexibility index (Phi) is 4.55. The first-order chi connectivity index (χ1) is 10.1. The number of nitrogens with zero attached hydrogens (tertiary/aromatic N) is 1. The fraction of sp³-hybridized carbons (Fsp3) is 0.941. The van der Waals surface area contributed by atoms with Crippen LogP contribution in [0, 0.1) is 11.8 Å². The molecule has 0 aliphatic heterocycles. The molecule has 2 atom stereocenters. The van der Waals surface area contributed by atoms with Gasteiger partial charge in [0.05, 0.1) is 7.11 Å². The lowest BCUT2D eigenvalue weighted by Crippen LogP contribution is -2.56. The molecule has 0 radical (unpaired) electrons. The molecule has 3 saturated carbocycles. The summed E-state index contributed by atoms with van der Waals surface area (Å²) in [4.78, 5) is 14.9. The number of hydrogen-bond acceptors (Lipinski definition) is 4. The van der Waals surface area contributed by atoms with Crippen LogP contribution in [-0.2, 0) is 9.53 Å². The molecule has 0 heterocycles. The number of esters is 1. The standard InChI is InChI=1S/C17H30N2O2/c1-19(12-13-5-6-13)11-9-14-4-3-10-17(14,16(20)21-2)18-15-7-8-15/h13-15,18H,3-12H2,1-2H3. The predicted molar refractivity (Wildman–Crippen MR) is 83.1 cm³/mol. The van der Waals surface area contributed by atoms with Crippen LogP contribution in [0.2, 0.25) is 0 Å². The van der Waals surface area contributed by atoms with E-state index in [-0.39, 0.29) is 5.97 Å². The molecular formula is C17H30N2O2. The molecule has 1 N–H and O–H groups in total. The third-order valence-corrected chi connectivity index (χ3v) is 5.54. The molecule has 0 aromatic heterocycles. The minimum atomic E-state index is -0.393. The molecule has 3 rings (SSSR count). The molecule has 0 amide bonds. The number of nitrogens with one attached hydrogen (secondary N) is 1. The molecule has 4 nitrogen and oxygen atoms in total. The number of carbonyl (C=O) groups is 1. The Labute approximate surface area is 128 Å². The second kappa shape index (κ2) is 6.25. The van der Waals surface area contributed by atoms with Crippen molar-refractivity contribution in [2.75, 3.05) is 27.2 Å². The first-order valence-corrected chi connectivity index (χ1v) is 8.68. The average Bonchev–Trinajstić information content (AvgIpc) is 3.38. The maximum absolute atomic E-state index is 12.4. The molecule has 0 bridgehead atoms. The van der Waals surface area contributed by atoms with Gasteiger partial charge < -0.3 is 9.64 Å². The van der Waals surface area contributed by atoms with E-state index in [1.54, 1.807) is 0 Å². The van der Waals surface area contributed by atoms with Gasteiger partial charge >= 0.3 is 5.97 Å². The Morgan fingerprint density at radius 2 is 2.05 bits per heavy atom. The van der Waals surface area contributed by atoms with Crippen molar-refractivity contribution in [1.82, 2.24) is 10.2 Å². The molecule has 4 heteroatoms. The average molecular weight is 294 g/mol. The summed E-state index contributed by atoms with van der Waals surface area (Å²) in [5.74, 6) is 1.35. The third kappa shape index (κ3) is 3.59. The van der Waals surface area contributed by atoms with Crippen molar-refractivity contribution in [3.8, 4) is 0 Å². The minimum absolute atomic E-state index is 0.0262. The summed E-state index contributed by atoms with van der Waals surface area (Å²) in [6.07, 6.45) is 9.61. The zero-order chi connectivity index (χ0) is 14.9. The highest BCUT2D eigenvalue weighted by Crippen LogP contribution is 2.41. The second-order valence-corrected chi connectivity index (χ2v) is 7.46. The van der Waals surface area contributed by atoms with Crippen LogP contribution in [0.3, 0.4) is 0 Å². The summed E-state index contributed by atoms with van der Waals surface area (Å²) >= 11 is 0. The lowest BCUT2D eigenvalue weighted by atomic mass is 9.84. The molecule has 3 fully saturated rings. The van der Waals surface area contributed by atoms with Gasteiger partial charge in [0.15, 0.2) is 0 Å². The summed E-state index contributed by atoms with van der Waals surface area (Å²) in [7, 11) is 3.76. The Balaban J connectivity index is 1.58. The van der Waals surface area contributed by atoms with Gasteiger partial charge in [0.1, 0.15) is 5.54 Å². The van der Waals surface area contributed by atoms with Crippen molar-refractivity contribution in [2.45, 2.75) is 62.9 Å². The molecule has 3 aliphatic rings. The molecule has 2 unspecified atom stereocenters. The molecule has 0 saturated heterocycles. The lowest BCUT2D eigenvalue weighted by Gasteiger charge is -2.35. The Morgan fingerprint density at radius 3 is 2.67 bits per heavy atom. The van der Waals surface area contributed by atoms with E-state index >= 15 is 0 Å². The number of methoxy groups -OCH3 is 1. The van der Waals surface area contributed by atoms with E-state index in [2.05, 4.69) is 17.3 Å². The van der Waals surface area contributed by atoms with Crippen LogP contribution in [-0.4, -0.2) is 49.7 Å². The predicted octanol–water partition coefficient (Wildman–Crippen LogP) is 2.18. The molecule has 0 spiro atoms. The molecule has 0 aromatic rings. The van der Waals surface area contributed by atoms with Crippen molar-refractivity contribution in [1.29, 1.82) is 0 Å². The van der Waals surface area contributed by atoms with Crippen molar-refractivity contribution in [3.05, 3.63) is 0 Å². The molecular weight excluding hydrogens is 264 g/mol. The van der Waals surface area contributed by atoms with Crippen molar-refractivity contribution in [2.24, 2.45) is 11.8 Å². The summed E-state index contributed by atoms with van der Waals surface area (Å²) < 4.78 is 5.16. The van der Waals surface area contributed by atoms with Crippen LogP contribution in [0.15, 0.2) is 0 Å². The summed E-state index contributed by atoms with van der Waals surface area (Å²) in [5.41, 5.74) is -0.393. The first-order valence-electron chi connectivity index (χ1n) is 8.68. The lowest BCUT2D eigenvalue weighted by molar-refractivity contribution is -0.150. The normalized spacial score (nSPS) is 32.6. The fourth-order valence-electron chi connectivity index (χ4n) is 3.97. The van der Waals surface area contributed by atoms with Crippen LogP contribution >= 0.6 is 0 Å². The van der Waals surface area contributed by atoms with Crippen LogP contribution < -0.4 is 5.32 Å². The second-order valence-electron chi connectivity index (χ2n) is 7.46. The zero-order valence-corrected chi connectivity index (χ0v) is 13.6. The Morgan fingerprint density at radius 1 is 1.29 bits per heavy atom. The van der Waals surface area contributed by atoms with Gasteiger partial charge in [-0.1, -0.05) is 6.42 Å². The van der Waals surface area contributed by atoms with Crippen molar-refractivity contribution < 1.29 is 9.53 Å². The summed E-state index contributed by atoms with van der Waals surface area (Å²) in [5, 5.41) is 3.65. The maximum Gasteiger partial charge on any atom is 0.326 e. The minimum Gasteiger partial charge on any atom is -0.468 e. The van der Waals surface area contributed by atoms with Crippen molar-refractivity contribution >= 4 is 5.97 Å². The van der Waals surface area contributed by atoms with Crippen LogP contribution in [0.5, 0.6) is 0 Å². The van der Waals surface area contributed by atoms with Gasteiger partial charge in [0.25, 0.3) is 0 Å². The van der Waals surface area contributed by atoms with Gasteiger partial charge in [-0.3, -0.25) is 10.1 Å². The van der Waals surface area contributed by atoms with E-state index < -0.39 is 5.54 Å². The first kappa shape index (κ1) is 15.3. The summed E-state index contributed by atoms with van der Waals surface area (Å²) in [6, 6.07) is 0.550. The smallest absolute Gasteiger partial charge is 0.326 e. The van der Waals surface area contributed by atoms with E-state index in [9.17, 15) is 4.79 Å². The van der Waals surface area contributed by atoms with Crippen LogP contribution in [0.4, 0.5) is 0 Å². The highest BCUT2D eigenvalue weighted by Gasteiger charge is 2.51. The summed E-state index contributed by atoms with van der Waals surface area (Å²) in [6.45, 7) is 2.33. The Bertz CT molecular complexity index is 379. The van der Waals surface area contributed by atoms with E-state index in [1.807, 2.05) is 0 Å². The fourth-order valence-corrected chi connectivity index (χ4v) is 3.97. The number of hydrogen-bond donors (Lipinski definition) is 1. The molecule has 3 aliphatic carbocycles. The highest BCUT2D eigenvalue weighted by atomic mass is 16.5. The van der Waals surface area contributed by atoms with Crippen LogP contribution in [0.25, 0.3) is 0 Å². The topological polar surface area (TPSA) is 41.6 Å². The monoisotopic (exact) mass is 294 g/mol. The van der Waals surface area contributed by atoms with Crippen molar-refractivity contribution in [3.63, 3.8) is 0 Å². The molecule has 21 heavy (non-hydrogen) atoms. The van der Waals surface area contributed by atoms with E-state index in [1.165, 1.54) is 39.3 Å². The number of rotatable bonds is 8. The van der Waals surface area contributed by atoms with Gasteiger partial charge in [-0.05, 0) is 70.4 Å². The van der Waals surface area contributed by atoms with Gasteiger partial charge in [0, 0.05) is 12.6 Å². The largest absolute Gasteiger partial charge is 0.468 e. The van der Waals surface area contributed by atoms with Gasteiger partial charge in [-0.2, -0.15) is 0 Å². The zero-order valence-electron chi connectivity index (χ0n) is 13.6. The van der Waals surface area contributed by atoms with Gasteiger partial charge in [-0.25, -0.2) is 0 Å². The molecule has 0 aromatic carbocycles. The maximum atomic E-state index is 12.4. The van der Waals surface area contributed by atoms with E-state index in [0.717, 1.165) is 38.1 Å². The molecule has 120 valence electrons. The Hall–Kier alpha value is -0.610. The SMILES string of the molecule is COC(=O)C1(NC2CC2)CCCC1CCN(C)CC1CC1. The number of carbonyl (C=O) groups excluding carboxylic acids is 1.